The Hall–Kier alpha value is -2.15. The zero-order chi connectivity index (χ0) is 13.5. The van der Waals surface area contributed by atoms with Crippen LogP contribution in [0.1, 0.15) is 13.3 Å². The Bertz CT molecular complexity index is 512. The van der Waals surface area contributed by atoms with E-state index < -0.39 is 0 Å². The average molecular weight is 262 g/mol. The molecule has 0 amide bonds. The van der Waals surface area contributed by atoms with Crippen LogP contribution in [0, 0.1) is 0 Å². The van der Waals surface area contributed by atoms with E-state index in [1.54, 1.807) is 12.3 Å². The number of aryl methyl sites for hydroxylation is 1. The summed E-state index contributed by atoms with van der Waals surface area (Å²) in [6, 6.07) is 3.69. The number of aromatic nitrogens is 4. The summed E-state index contributed by atoms with van der Waals surface area (Å²) in [7, 11) is 0. The number of rotatable bonds is 7. The molecule has 0 saturated heterocycles. The van der Waals surface area contributed by atoms with Gasteiger partial charge >= 0.3 is 0 Å². The number of aliphatic hydroxyl groups is 1. The molecule has 19 heavy (non-hydrogen) atoms. The third kappa shape index (κ3) is 3.65. The largest absolute Gasteiger partial charge is 0.395 e. The molecular formula is C12H18N6O. The molecule has 0 radical (unpaired) electrons. The maximum atomic E-state index is 8.77. The van der Waals surface area contributed by atoms with Gasteiger partial charge in [-0.3, -0.25) is 0 Å². The van der Waals surface area contributed by atoms with Crippen LogP contribution in [0.25, 0.3) is 0 Å². The molecule has 7 heteroatoms. The molecule has 2 aromatic heterocycles. The first kappa shape index (κ1) is 13.3. The van der Waals surface area contributed by atoms with Crippen molar-refractivity contribution >= 4 is 17.5 Å². The van der Waals surface area contributed by atoms with Gasteiger partial charge in [0.15, 0.2) is 0 Å². The Labute approximate surface area is 111 Å². The van der Waals surface area contributed by atoms with E-state index in [2.05, 4.69) is 32.6 Å². The lowest BCUT2D eigenvalue weighted by Gasteiger charge is -2.09. The maximum absolute atomic E-state index is 8.77. The van der Waals surface area contributed by atoms with Crippen LogP contribution in [0.3, 0.4) is 0 Å². The predicted octanol–water partition coefficient (Wildman–Crippen LogP) is 1.23. The molecule has 2 heterocycles. The number of hydrogen-bond acceptors (Lipinski definition) is 6. The molecule has 0 unspecified atom stereocenters. The number of nitrogens with zero attached hydrogens (tertiary/aromatic N) is 4. The van der Waals surface area contributed by atoms with Crippen LogP contribution in [0.4, 0.5) is 17.5 Å². The van der Waals surface area contributed by atoms with Crippen molar-refractivity contribution in [1.82, 2.24) is 19.7 Å². The summed E-state index contributed by atoms with van der Waals surface area (Å²) in [6.45, 7) is 3.49. The fraction of sp³-hybridized carbons (Fsp3) is 0.417. The van der Waals surface area contributed by atoms with Crippen molar-refractivity contribution in [2.45, 2.75) is 19.9 Å². The average Bonchev–Trinajstić information content (AvgIpc) is 2.85. The molecular weight excluding hydrogens is 244 g/mol. The highest BCUT2D eigenvalue weighted by atomic mass is 16.3. The SMILES string of the molecule is CCCn1nccc1Nc1cc(NCCO)ncn1. The highest BCUT2D eigenvalue weighted by Gasteiger charge is 2.03. The molecule has 3 N–H and O–H groups in total. The van der Waals surface area contributed by atoms with Crippen LogP contribution in [0.15, 0.2) is 24.7 Å². The molecule has 2 rings (SSSR count). The summed E-state index contributed by atoms with van der Waals surface area (Å²) >= 11 is 0. The van der Waals surface area contributed by atoms with E-state index >= 15 is 0 Å². The second-order valence-corrected chi connectivity index (χ2v) is 4.00. The van der Waals surface area contributed by atoms with Gasteiger partial charge in [-0.25, -0.2) is 14.6 Å². The summed E-state index contributed by atoms with van der Waals surface area (Å²) < 4.78 is 1.89. The highest BCUT2D eigenvalue weighted by molar-refractivity contribution is 5.55. The molecule has 0 bridgehead atoms. The summed E-state index contributed by atoms with van der Waals surface area (Å²) in [5.74, 6) is 2.26. The van der Waals surface area contributed by atoms with Gasteiger partial charge in [0, 0.05) is 25.2 Å². The second-order valence-electron chi connectivity index (χ2n) is 4.00. The Morgan fingerprint density at radius 3 is 2.95 bits per heavy atom. The van der Waals surface area contributed by atoms with Crippen molar-refractivity contribution in [2.75, 3.05) is 23.8 Å². The van der Waals surface area contributed by atoms with E-state index in [-0.39, 0.29) is 6.61 Å². The molecule has 2 aromatic rings. The third-order valence-corrected chi connectivity index (χ3v) is 2.49. The van der Waals surface area contributed by atoms with Crippen molar-refractivity contribution in [1.29, 1.82) is 0 Å². The van der Waals surface area contributed by atoms with E-state index in [1.165, 1.54) is 6.33 Å². The normalized spacial score (nSPS) is 10.4. The van der Waals surface area contributed by atoms with E-state index in [0.717, 1.165) is 18.8 Å². The molecule has 0 aliphatic rings. The van der Waals surface area contributed by atoms with Gasteiger partial charge in [0.05, 0.1) is 12.8 Å². The molecule has 0 aromatic carbocycles. The molecule has 0 spiro atoms. The molecule has 0 aliphatic carbocycles. The second kappa shape index (κ2) is 6.69. The third-order valence-electron chi connectivity index (χ3n) is 2.49. The number of anilines is 3. The smallest absolute Gasteiger partial charge is 0.137 e. The molecule has 0 atom stereocenters. The van der Waals surface area contributed by atoms with Gasteiger partial charge in [-0.1, -0.05) is 6.92 Å². The lowest BCUT2D eigenvalue weighted by molar-refractivity contribution is 0.311. The maximum Gasteiger partial charge on any atom is 0.137 e. The Balaban J connectivity index is 2.07. The van der Waals surface area contributed by atoms with Gasteiger partial charge in [0.2, 0.25) is 0 Å². The van der Waals surface area contributed by atoms with Gasteiger partial charge in [-0.15, -0.1) is 0 Å². The predicted molar refractivity (Wildman–Crippen MR) is 73.4 cm³/mol. The van der Waals surface area contributed by atoms with Crippen molar-refractivity contribution < 1.29 is 5.11 Å². The first-order chi connectivity index (χ1) is 9.33. The Morgan fingerprint density at radius 1 is 1.32 bits per heavy atom. The minimum atomic E-state index is 0.0655. The standard InChI is InChI=1S/C12H18N6O/c1-2-6-18-12(3-4-16-18)17-11-8-10(13-5-7-19)14-9-15-11/h3-4,8-9,19H,2,5-7H2,1H3,(H2,13,14,15,17). The van der Waals surface area contributed by atoms with Gasteiger partial charge < -0.3 is 15.7 Å². The monoisotopic (exact) mass is 262 g/mol. The number of nitrogens with one attached hydrogen (secondary N) is 2. The van der Waals surface area contributed by atoms with E-state index in [4.69, 9.17) is 5.11 Å². The van der Waals surface area contributed by atoms with Crippen LogP contribution in [0.5, 0.6) is 0 Å². The van der Waals surface area contributed by atoms with Crippen molar-refractivity contribution in [2.24, 2.45) is 0 Å². The Morgan fingerprint density at radius 2 is 2.16 bits per heavy atom. The van der Waals surface area contributed by atoms with Crippen LogP contribution in [-0.4, -0.2) is 38.0 Å². The van der Waals surface area contributed by atoms with Gasteiger partial charge in [-0.05, 0) is 6.42 Å². The first-order valence-corrected chi connectivity index (χ1v) is 6.29. The fourth-order valence-electron chi connectivity index (χ4n) is 1.67. The van der Waals surface area contributed by atoms with Crippen molar-refractivity contribution in [3.05, 3.63) is 24.7 Å². The topological polar surface area (TPSA) is 87.9 Å². The lowest BCUT2D eigenvalue weighted by Crippen LogP contribution is -2.08. The molecule has 0 saturated carbocycles. The summed E-state index contributed by atoms with van der Waals surface area (Å²) in [4.78, 5) is 8.23. The van der Waals surface area contributed by atoms with Crippen molar-refractivity contribution in [3.8, 4) is 0 Å². The summed E-state index contributed by atoms with van der Waals surface area (Å²) in [5, 5.41) is 19.2. The Kier molecular flexibility index (Phi) is 4.68. The van der Waals surface area contributed by atoms with E-state index in [9.17, 15) is 0 Å². The number of hydrogen-bond donors (Lipinski definition) is 3. The fourth-order valence-corrected chi connectivity index (χ4v) is 1.67. The first-order valence-electron chi connectivity index (χ1n) is 6.29. The summed E-state index contributed by atoms with van der Waals surface area (Å²) in [5.41, 5.74) is 0. The molecule has 102 valence electrons. The number of aliphatic hydroxyl groups excluding tert-OH is 1. The van der Waals surface area contributed by atoms with Crippen LogP contribution < -0.4 is 10.6 Å². The van der Waals surface area contributed by atoms with Crippen LogP contribution in [0.2, 0.25) is 0 Å². The van der Waals surface area contributed by atoms with Crippen molar-refractivity contribution in [3.63, 3.8) is 0 Å². The minimum Gasteiger partial charge on any atom is -0.395 e. The van der Waals surface area contributed by atoms with E-state index in [0.29, 0.717) is 18.2 Å². The minimum absolute atomic E-state index is 0.0655. The molecule has 7 nitrogen and oxygen atoms in total. The zero-order valence-corrected chi connectivity index (χ0v) is 10.9. The zero-order valence-electron chi connectivity index (χ0n) is 10.9. The molecule has 0 fully saturated rings. The van der Waals surface area contributed by atoms with Crippen LogP contribution in [-0.2, 0) is 6.54 Å². The van der Waals surface area contributed by atoms with Crippen LogP contribution >= 0.6 is 0 Å². The highest BCUT2D eigenvalue weighted by Crippen LogP contribution is 2.16. The van der Waals surface area contributed by atoms with Gasteiger partial charge in [-0.2, -0.15) is 5.10 Å². The lowest BCUT2D eigenvalue weighted by atomic mass is 10.4. The van der Waals surface area contributed by atoms with E-state index in [1.807, 2.05) is 10.7 Å². The van der Waals surface area contributed by atoms with Gasteiger partial charge in [0.25, 0.3) is 0 Å². The quantitative estimate of drug-likeness (QED) is 0.695. The van der Waals surface area contributed by atoms with Gasteiger partial charge in [0.1, 0.15) is 23.8 Å². The molecule has 0 aliphatic heterocycles. The summed E-state index contributed by atoms with van der Waals surface area (Å²) in [6.07, 6.45) is 4.25.